The molecule has 0 saturated carbocycles. The van der Waals surface area contributed by atoms with Gasteiger partial charge in [0.15, 0.2) is 0 Å². The average molecular weight is 179 g/mol. The molecule has 0 rings (SSSR count). The first-order chi connectivity index (χ1) is 3.46. The SMILES string of the molecule is NC(=O)[O-].NC(=O)[O-].[Co+2]. The molecule has 9 heavy (non-hydrogen) atoms. The summed E-state index contributed by atoms with van der Waals surface area (Å²) in [6.07, 6.45) is -3.17. The van der Waals surface area contributed by atoms with Crippen LogP contribution < -0.4 is 21.7 Å². The predicted octanol–water partition coefficient (Wildman–Crippen LogP) is -3.43. The summed E-state index contributed by atoms with van der Waals surface area (Å²) in [7, 11) is 0. The molecule has 0 atom stereocenters. The normalized spacial score (nSPS) is 5.33. The molecule has 2 amide bonds. The predicted molar refractivity (Wildman–Crippen MR) is 19.2 cm³/mol. The molecule has 0 aliphatic carbocycles. The summed E-state index contributed by atoms with van der Waals surface area (Å²) in [6.45, 7) is 0. The number of carboxylic acid groups (broad SMARTS) is 2. The molecule has 1 radical (unpaired) electrons. The first-order valence-corrected chi connectivity index (χ1v) is 1.39. The minimum absolute atomic E-state index is 0. The third kappa shape index (κ3) is 197. The summed E-state index contributed by atoms with van der Waals surface area (Å²) in [4.78, 5) is 17.3. The van der Waals surface area contributed by atoms with E-state index in [9.17, 15) is 0 Å². The third-order valence-corrected chi connectivity index (χ3v) is 0. The Bertz CT molecular complexity index is 74.6. The van der Waals surface area contributed by atoms with Gasteiger partial charge < -0.3 is 31.3 Å². The Morgan fingerprint density at radius 2 is 1.00 bits per heavy atom. The molecule has 0 heterocycles. The number of nitrogens with two attached hydrogens (primary N) is 2. The average Bonchev–Trinajstić information content (AvgIpc) is 1.25. The number of rotatable bonds is 0. The molecule has 0 unspecified atom stereocenters. The Kier molecular flexibility index (Phi) is 17.6. The van der Waals surface area contributed by atoms with E-state index in [2.05, 4.69) is 11.5 Å². The summed E-state index contributed by atoms with van der Waals surface area (Å²) >= 11 is 0. The van der Waals surface area contributed by atoms with E-state index >= 15 is 0 Å². The van der Waals surface area contributed by atoms with Crippen molar-refractivity contribution in [3.05, 3.63) is 0 Å². The van der Waals surface area contributed by atoms with Crippen LogP contribution in [-0.4, -0.2) is 12.2 Å². The smallest absolute Gasteiger partial charge is 0.530 e. The van der Waals surface area contributed by atoms with Gasteiger partial charge in [0.05, 0.1) is 0 Å². The van der Waals surface area contributed by atoms with Gasteiger partial charge in [-0.2, -0.15) is 0 Å². The van der Waals surface area contributed by atoms with E-state index in [1.165, 1.54) is 0 Å². The number of primary amides is 2. The van der Waals surface area contributed by atoms with E-state index in [0.717, 1.165) is 0 Å². The van der Waals surface area contributed by atoms with Gasteiger partial charge in [-0.05, 0) is 0 Å². The molecule has 0 saturated heterocycles. The zero-order chi connectivity index (χ0) is 7.15. The van der Waals surface area contributed by atoms with Gasteiger partial charge in [-0.1, -0.05) is 0 Å². The van der Waals surface area contributed by atoms with Crippen molar-refractivity contribution in [2.24, 2.45) is 11.5 Å². The Morgan fingerprint density at radius 3 is 1.00 bits per heavy atom. The van der Waals surface area contributed by atoms with Crippen LogP contribution >= 0.6 is 0 Å². The fourth-order valence-electron chi connectivity index (χ4n) is 0. The summed E-state index contributed by atoms with van der Waals surface area (Å²) in [5, 5.41) is 17.3. The molecular weight excluding hydrogens is 175 g/mol. The Balaban J connectivity index is -0.0000000720. The maximum Gasteiger partial charge on any atom is 2.00 e. The molecule has 7 heteroatoms. The van der Waals surface area contributed by atoms with Crippen LogP contribution in [0.25, 0.3) is 0 Å². The van der Waals surface area contributed by atoms with Gasteiger partial charge in [-0.25, -0.2) is 0 Å². The van der Waals surface area contributed by atoms with E-state index in [4.69, 9.17) is 19.8 Å². The van der Waals surface area contributed by atoms with Crippen LogP contribution in [0, 0.1) is 0 Å². The van der Waals surface area contributed by atoms with Gasteiger partial charge in [0.25, 0.3) is 0 Å². The third-order valence-electron chi connectivity index (χ3n) is 0. The second-order valence-corrected chi connectivity index (χ2v) is 0.638. The maximum absolute atomic E-state index is 8.67. The van der Waals surface area contributed by atoms with Gasteiger partial charge in [-0.3, -0.25) is 0 Å². The second kappa shape index (κ2) is 10.1. The molecule has 4 N–H and O–H groups in total. The molecule has 0 bridgehead atoms. The molecule has 0 aromatic heterocycles. The molecule has 0 aliphatic heterocycles. The number of hydrogen-bond acceptors (Lipinski definition) is 4. The fraction of sp³-hybridized carbons (Fsp3) is 0. The minimum Gasteiger partial charge on any atom is -0.530 e. The number of carbonyl (C=O) groups excluding carboxylic acids is 2. The van der Waals surface area contributed by atoms with E-state index in [-0.39, 0.29) is 16.8 Å². The summed E-state index contributed by atoms with van der Waals surface area (Å²) in [5.41, 5.74) is 7.83. The van der Waals surface area contributed by atoms with Crippen LogP contribution in [0.2, 0.25) is 0 Å². The van der Waals surface area contributed by atoms with Gasteiger partial charge in [0, 0.05) is 0 Å². The van der Waals surface area contributed by atoms with Crippen molar-refractivity contribution in [1.82, 2.24) is 0 Å². The van der Waals surface area contributed by atoms with Crippen molar-refractivity contribution < 1.29 is 36.6 Å². The second-order valence-electron chi connectivity index (χ2n) is 0.638. The summed E-state index contributed by atoms with van der Waals surface area (Å²) in [6, 6.07) is 0. The van der Waals surface area contributed by atoms with Crippen molar-refractivity contribution in [1.29, 1.82) is 0 Å². The monoisotopic (exact) mass is 179 g/mol. The molecule has 0 aliphatic rings. The van der Waals surface area contributed by atoms with Crippen molar-refractivity contribution in [2.75, 3.05) is 0 Å². The van der Waals surface area contributed by atoms with E-state index in [1.807, 2.05) is 0 Å². The Labute approximate surface area is 61.0 Å². The van der Waals surface area contributed by atoms with Gasteiger partial charge >= 0.3 is 16.8 Å². The number of amides is 2. The van der Waals surface area contributed by atoms with Crippen LogP contribution in [-0.2, 0) is 16.8 Å². The summed E-state index contributed by atoms with van der Waals surface area (Å²) in [5.74, 6) is 0. The van der Waals surface area contributed by atoms with Crippen LogP contribution in [0.15, 0.2) is 0 Å². The van der Waals surface area contributed by atoms with Crippen LogP contribution in [0.5, 0.6) is 0 Å². The molecule has 0 aromatic carbocycles. The van der Waals surface area contributed by atoms with Gasteiger partial charge in [-0.15, -0.1) is 0 Å². The van der Waals surface area contributed by atoms with E-state index in [1.54, 1.807) is 0 Å². The van der Waals surface area contributed by atoms with Gasteiger partial charge in [0.1, 0.15) is 12.2 Å². The van der Waals surface area contributed by atoms with Crippen molar-refractivity contribution >= 4 is 12.2 Å². The molecule has 0 fully saturated rings. The number of hydrogen-bond donors (Lipinski definition) is 2. The van der Waals surface area contributed by atoms with Crippen LogP contribution in [0.4, 0.5) is 9.59 Å². The van der Waals surface area contributed by atoms with E-state index < -0.39 is 12.2 Å². The quantitative estimate of drug-likeness (QED) is 0.400. The van der Waals surface area contributed by atoms with Crippen LogP contribution in [0.3, 0.4) is 0 Å². The van der Waals surface area contributed by atoms with Gasteiger partial charge in [0.2, 0.25) is 0 Å². The molecule has 0 aromatic rings. The first kappa shape index (κ1) is 15.7. The van der Waals surface area contributed by atoms with E-state index in [0.29, 0.717) is 0 Å². The topological polar surface area (TPSA) is 132 Å². The summed E-state index contributed by atoms with van der Waals surface area (Å²) < 4.78 is 0. The van der Waals surface area contributed by atoms with Crippen LogP contribution in [0.1, 0.15) is 0 Å². The minimum atomic E-state index is -1.58. The van der Waals surface area contributed by atoms with Crippen molar-refractivity contribution in [3.8, 4) is 0 Å². The zero-order valence-electron chi connectivity index (χ0n) is 4.12. The van der Waals surface area contributed by atoms with Crippen molar-refractivity contribution in [3.63, 3.8) is 0 Å². The zero-order valence-corrected chi connectivity index (χ0v) is 5.16. The van der Waals surface area contributed by atoms with Crippen molar-refractivity contribution in [2.45, 2.75) is 0 Å². The molecule has 0 spiro atoms. The standard InChI is InChI=1S/2CH3NO2.Co/c2*2-1(3)4;/h2*2H2,(H,3,4);/q;;+2/p-2. The largest absolute Gasteiger partial charge is 2.00 e. The molecular formula is C2H4CoN2O4. The maximum atomic E-state index is 8.67. The first-order valence-electron chi connectivity index (χ1n) is 1.39. The molecule has 6 nitrogen and oxygen atoms in total. The number of carbonyl (C=O) groups is 2. The fourth-order valence-corrected chi connectivity index (χ4v) is 0. The molecule has 55 valence electrons. The Morgan fingerprint density at radius 1 is 1.00 bits per heavy atom. The Hall–Kier alpha value is -0.954.